The Hall–Kier alpha value is -2.58. The minimum Gasteiger partial charge on any atom is -0.197 e. The van der Waals surface area contributed by atoms with Gasteiger partial charge in [-0.1, -0.05) is 61.2 Å². The molecule has 0 radical (unpaired) electrons. The molecule has 0 aliphatic carbocycles. The Bertz CT molecular complexity index is 640. The van der Waals surface area contributed by atoms with Crippen molar-refractivity contribution < 1.29 is 0 Å². The number of nitriles is 2. The van der Waals surface area contributed by atoms with Gasteiger partial charge in [-0.05, 0) is 31.9 Å². The molecule has 0 saturated heterocycles. The summed E-state index contributed by atoms with van der Waals surface area (Å²) in [6.45, 7) is 9.21. The molecule has 0 aliphatic rings. The van der Waals surface area contributed by atoms with Gasteiger partial charge in [0, 0.05) is 0 Å². The standard InChI is InChI=1S/C19H20N2/c1-5-10-16(11-6-2)18(3,14-20)19(4,15-21)17-12-8-7-9-13-17/h5-13H,1H2,2-4H3/b11-6-,16-10+. The molecule has 1 aromatic rings. The summed E-state index contributed by atoms with van der Waals surface area (Å²) in [4.78, 5) is 0. The average Bonchev–Trinajstić information content (AvgIpc) is 2.53. The minimum atomic E-state index is -0.982. The summed E-state index contributed by atoms with van der Waals surface area (Å²) in [6.07, 6.45) is 7.17. The summed E-state index contributed by atoms with van der Waals surface area (Å²) in [6, 6.07) is 14.1. The summed E-state index contributed by atoms with van der Waals surface area (Å²) in [5, 5.41) is 19.6. The Labute approximate surface area is 127 Å². The molecule has 21 heavy (non-hydrogen) atoms. The predicted molar refractivity (Wildman–Crippen MR) is 86.2 cm³/mol. The van der Waals surface area contributed by atoms with Crippen LogP contribution in [-0.4, -0.2) is 0 Å². The van der Waals surface area contributed by atoms with E-state index in [0.29, 0.717) is 0 Å². The lowest BCUT2D eigenvalue weighted by Gasteiger charge is -2.38. The zero-order chi connectivity index (χ0) is 15.9. The van der Waals surface area contributed by atoms with Crippen molar-refractivity contribution in [2.45, 2.75) is 26.2 Å². The third-order valence-electron chi connectivity index (χ3n) is 4.02. The first-order valence-electron chi connectivity index (χ1n) is 6.84. The SMILES string of the molecule is C=C/C=C(\C=C/C)C(C)(C#N)C(C)(C#N)c1ccccc1. The van der Waals surface area contributed by atoms with Crippen molar-refractivity contribution in [3.05, 3.63) is 72.4 Å². The third kappa shape index (κ3) is 2.81. The van der Waals surface area contributed by atoms with Crippen LogP contribution < -0.4 is 0 Å². The summed E-state index contributed by atoms with van der Waals surface area (Å²) in [5.41, 5.74) is -0.340. The second-order valence-corrected chi connectivity index (χ2v) is 5.20. The van der Waals surface area contributed by atoms with Crippen molar-refractivity contribution in [2.75, 3.05) is 0 Å². The van der Waals surface area contributed by atoms with Crippen LogP contribution in [0.2, 0.25) is 0 Å². The molecule has 0 spiro atoms. The van der Waals surface area contributed by atoms with Gasteiger partial charge in [0.25, 0.3) is 0 Å². The molecule has 1 rings (SSSR count). The van der Waals surface area contributed by atoms with Gasteiger partial charge >= 0.3 is 0 Å². The molecule has 2 atom stereocenters. The van der Waals surface area contributed by atoms with E-state index in [0.717, 1.165) is 11.1 Å². The molecular formula is C19H20N2. The maximum absolute atomic E-state index is 9.83. The molecular weight excluding hydrogens is 256 g/mol. The van der Waals surface area contributed by atoms with Crippen LogP contribution in [0.25, 0.3) is 0 Å². The lowest BCUT2D eigenvalue weighted by molar-refractivity contribution is 0.357. The van der Waals surface area contributed by atoms with Crippen LogP contribution in [0.4, 0.5) is 0 Å². The quantitative estimate of drug-likeness (QED) is 0.733. The Kier molecular flexibility index (Phi) is 5.28. The smallest absolute Gasteiger partial charge is 0.102 e. The minimum absolute atomic E-state index is 0.774. The van der Waals surface area contributed by atoms with Crippen LogP contribution in [0.1, 0.15) is 26.3 Å². The van der Waals surface area contributed by atoms with Gasteiger partial charge in [0.1, 0.15) is 10.8 Å². The highest BCUT2D eigenvalue weighted by atomic mass is 14.5. The molecule has 0 aliphatic heterocycles. The maximum Gasteiger partial charge on any atom is 0.102 e. The molecule has 0 N–H and O–H groups in total. The highest BCUT2D eigenvalue weighted by Gasteiger charge is 2.48. The van der Waals surface area contributed by atoms with Gasteiger partial charge in [-0.15, -0.1) is 0 Å². The fraction of sp³-hybridized carbons (Fsp3) is 0.263. The molecule has 0 fully saturated rings. The number of benzene rings is 1. The highest BCUT2D eigenvalue weighted by Crippen LogP contribution is 2.46. The Morgan fingerprint density at radius 3 is 2.19 bits per heavy atom. The van der Waals surface area contributed by atoms with Crippen molar-refractivity contribution in [1.82, 2.24) is 0 Å². The number of allylic oxidation sites excluding steroid dienone is 5. The van der Waals surface area contributed by atoms with E-state index in [2.05, 4.69) is 18.7 Å². The third-order valence-corrected chi connectivity index (χ3v) is 4.02. The van der Waals surface area contributed by atoms with E-state index >= 15 is 0 Å². The van der Waals surface area contributed by atoms with Crippen molar-refractivity contribution in [1.29, 1.82) is 10.5 Å². The van der Waals surface area contributed by atoms with Crippen molar-refractivity contribution in [3.8, 4) is 12.1 Å². The number of rotatable bonds is 5. The zero-order valence-electron chi connectivity index (χ0n) is 12.8. The number of hydrogen-bond acceptors (Lipinski definition) is 2. The fourth-order valence-corrected chi connectivity index (χ4v) is 2.40. The van der Waals surface area contributed by atoms with Gasteiger partial charge in [0.05, 0.1) is 12.1 Å². The van der Waals surface area contributed by atoms with Gasteiger partial charge in [-0.2, -0.15) is 10.5 Å². The summed E-state index contributed by atoms with van der Waals surface area (Å²) in [5.74, 6) is 0. The summed E-state index contributed by atoms with van der Waals surface area (Å²) >= 11 is 0. The molecule has 2 heteroatoms. The second kappa shape index (κ2) is 6.73. The van der Waals surface area contributed by atoms with E-state index in [1.807, 2.05) is 56.3 Å². The van der Waals surface area contributed by atoms with Crippen LogP contribution in [0.3, 0.4) is 0 Å². The number of hydrogen-bond donors (Lipinski definition) is 0. The molecule has 2 nitrogen and oxygen atoms in total. The van der Waals surface area contributed by atoms with Crippen molar-refractivity contribution in [3.63, 3.8) is 0 Å². The normalized spacial score (nSPS) is 17.3. The van der Waals surface area contributed by atoms with E-state index in [9.17, 15) is 10.5 Å². The molecule has 0 amide bonds. The van der Waals surface area contributed by atoms with Crippen LogP contribution in [0.15, 0.2) is 66.8 Å². The predicted octanol–water partition coefficient (Wildman–Crippen LogP) is 4.69. The van der Waals surface area contributed by atoms with Gasteiger partial charge in [-0.25, -0.2) is 0 Å². The zero-order valence-corrected chi connectivity index (χ0v) is 12.8. The van der Waals surface area contributed by atoms with E-state index in [-0.39, 0.29) is 0 Å². The molecule has 0 saturated carbocycles. The van der Waals surface area contributed by atoms with Gasteiger partial charge < -0.3 is 0 Å². The van der Waals surface area contributed by atoms with E-state index < -0.39 is 10.8 Å². The highest BCUT2D eigenvalue weighted by molar-refractivity contribution is 5.47. The molecule has 0 heterocycles. The van der Waals surface area contributed by atoms with Crippen LogP contribution in [-0.2, 0) is 5.41 Å². The Morgan fingerprint density at radius 1 is 1.14 bits per heavy atom. The monoisotopic (exact) mass is 276 g/mol. The van der Waals surface area contributed by atoms with Gasteiger partial charge in [0.2, 0.25) is 0 Å². The molecule has 0 bridgehead atoms. The fourth-order valence-electron chi connectivity index (χ4n) is 2.40. The van der Waals surface area contributed by atoms with Crippen LogP contribution in [0.5, 0.6) is 0 Å². The molecule has 1 aromatic carbocycles. The Balaban J connectivity index is 3.62. The first-order chi connectivity index (χ1) is 10.00. The summed E-state index contributed by atoms with van der Waals surface area (Å²) in [7, 11) is 0. The van der Waals surface area contributed by atoms with Crippen LogP contribution >= 0.6 is 0 Å². The van der Waals surface area contributed by atoms with E-state index in [1.165, 1.54) is 0 Å². The van der Waals surface area contributed by atoms with Crippen molar-refractivity contribution in [2.24, 2.45) is 5.41 Å². The molecule has 106 valence electrons. The molecule has 2 unspecified atom stereocenters. The average molecular weight is 276 g/mol. The first kappa shape index (κ1) is 16.5. The second-order valence-electron chi connectivity index (χ2n) is 5.20. The largest absolute Gasteiger partial charge is 0.197 e. The topological polar surface area (TPSA) is 47.6 Å². The summed E-state index contributed by atoms with van der Waals surface area (Å²) < 4.78 is 0. The molecule has 0 aromatic heterocycles. The van der Waals surface area contributed by atoms with E-state index in [4.69, 9.17) is 0 Å². The number of nitrogens with zero attached hydrogens (tertiary/aromatic N) is 2. The lowest BCUT2D eigenvalue weighted by Crippen LogP contribution is -2.40. The van der Waals surface area contributed by atoms with Gasteiger partial charge in [-0.3, -0.25) is 0 Å². The van der Waals surface area contributed by atoms with E-state index in [1.54, 1.807) is 19.1 Å². The van der Waals surface area contributed by atoms with Crippen molar-refractivity contribution >= 4 is 0 Å². The van der Waals surface area contributed by atoms with Crippen LogP contribution in [0, 0.1) is 28.1 Å². The van der Waals surface area contributed by atoms with Gasteiger partial charge in [0.15, 0.2) is 0 Å². The lowest BCUT2D eigenvalue weighted by atomic mass is 9.60. The maximum atomic E-state index is 9.83. The Morgan fingerprint density at radius 2 is 1.76 bits per heavy atom. The first-order valence-corrected chi connectivity index (χ1v) is 6.84.